The number of anilines is 1. The molecular weight excluding hydrogens is 376 g/mol. The van der Waals surface area contributed by atoms with E-state index in [1.807, 2.05) is 11.4 Å². The van der Waals surface area contributed by atoms with Crippen LogP contribution in [-0.4, -0.2) is 10.9 Å². The number of aryl methyl sites for hydroxylation is 1. The number of nitrogens with one attached hydrogen (secondary N) is 2. The Hall–Kier alpha value is -1.40. The van der Waals surface area contributed by atoms with Crippen molar-refractivity contribution in [3.8, 4) is 0 Å². The van der Waals surface area contributed by atoms with Crippen LogP contribution in [0.4, 0.5) is 5.69 Å². The van der Waals surface area contributed by atoms with Gasteiger partial charge in [0.15, 0.2) is 0 Å². The Kier molecular flexibility index (Phi) is 5.02. The summed E-state index contributed by atoms with van der Waals surface area (Å²) < 4.78 is 0.764. The highest BCUT2D eigenvalue weighted by Gasteiger charge is 2.19. The third kappa shape index (κ3) is 3.75. The molecule has 0 unspecified atom stereocenters. The van der Waals surface area contributed by atoms with Crippen LogP contribution in [0, 0.1) is 6.92 Å². The molecule has 0 aromatic carbocycles. The van der Waals surface area contributed by atoms with Crippen molar-refractivity contribution in [1.82, 2.24) is 4.98 Å². The second-order valence-corrected chi connectivity index (χ2v) is 7.81. The number of aromatic amines is 1. The fourth-order valence-corrected chi connectivity index (χ4v) is 4.35. The molecule has 4 nitrogen and oxygen atoms in total. The molecule has 0 spiro atoms. The van der Waals surface area contributed by atoms with Gasteiger partial charge in [-0.3, -0.25) is 9.59 Å². The van der Waals surface area contributed by atoms with Crippen LogP contribution in [0.5, 0.6) is 0 Å². The molecule has 122 valence electrons. The van der Waals surface area contributed by atoms with Gasteiger partial charge >= 0.3 is 0 Å². The normalized spacial score (nSPS) is 15.6. The molecule has 2 aromatic rings. The maximum atomic E-state index is 12.4. The van der Waals surface area contributed by atoms with E-state index in [4.69, 9.17) is 0 Å². The minimum absolute atomic E-state index is 0.232. The predicted octanol–water partition coefficient (Wildman–Crippen LogP) is 4.81. The molecule has 6 heteroatoms. The van der Waals surface area contributed by atoms with Gasteiger partial charge in [0.05, 0.1) is 5.56 Å². The zero-order valence-electron chi connectivity index (χ0n) is 12.9. The summed E-state index contributed by atoms with van der Waals surface area (Å²) in [7, 11) is 0. The fraction of sp³-hybridized carbons (Fsp3) is 0.412. The minimum atomic E-state index is -0.290. The van der Waals surface area contributed by atoms with Crippen molar-refractivity contribution >= 4 is 38.9 Å². The number of hydrogen-bond acceptors (Lipinski definition) is 3. The van der Waals surface area contributed by atoms with Crippen LogP contribution in [0.3, 0.4) is 0 Å². The third-order valence-corrected chi connectivity index (χ3v) is 6.23. The Bertz CT molecular complexity index is 775. The van der Waals surface area contributed by atoms with Crippen molar-refractivity contribution in [2.24, 2.45) is 0 Å². The molecule has 2 heterocycles. The van der Waals surface area contributed by atoms with E-state index in [0.717, 1.165) is 10.2 Å². The minimum Gasteiger partial charge on any atom is -0.324 e. The molecule has 0 saturated heterocycles. The average molecular weight is 395 g/mol. The number of carbonyl (C=O) groups is 1. The Morgan fingerprint density at radius 1 is 1.30 bits per heavy atom. The second kappa shape index (κ2) is 7.01. The van der Waals surface area contributed by atoms with Gasteiger partial charge < -0.3 is 10.3 Å². The maximum Gasteiger partial charge on any atom is 0.271 e. The van der Waals surface area contributed by atoms with Gasteiger partial charge in [0, 0.05) is 20.4 Å². The SMILES string of the molecule is Cc1[nH]c(=O)c(NC(=O)c2csc(C3CCCCC3)c2)cc1Br. The number of halogens is 1. The molecule has 1 aliphatic rings. The lowest BCUT2D eigenvalue weighted by Gasteiger charge is -2.19. The molecule has 1 aliphatic carbocycles. The lowest BCUT2D eigenvalue weighted by Crippen LogP contribution is -2.20. The Morgan fingerprint density at radius 3 is 2.78 bits per heavy atom. The summed E-state index contributed by atoms with van der Waals surface area (Å²) in [5.41, 5.74) is 1.34. The number of amides is 1. The van der Waals surface area contributed by atoms with Gasteiger partial charge in [0.2, 0.25) is 0 Å². The van der Waals surface area contributed by atoms with Crippen molar-refractivity contribution in [1.29, 1.82) is 0 Å². The molecular formula is C17H19BrN2O2S. The summed E-state index contributed by atoms with van der Waals surface area (Å²) in [5.74, 6) is 0.358. The number of thiophene rings is 1. The van der Waals surface area contributed by atoms with E-state index >= 15 is 0 Å². The Morgan fingerprint density at radius 2 is 2.04 bits per heavy atom. The van der Waals surface area contributed by atoms with Crippen LogP contribution in [0.15, 0.2) is 26.8 Å². The predicted molar refractivity (Wildman–Crippen MR) is 97.6 cm³/mol. The first-order chi connectivity index (χ1) is 11.0. The van der Waals surface area contributed by atoms with E-state index in [1.165, 1.54) is 37.0 Å². The van der Waals surface area contributed by atoms with E-state index in [9.17, 15) is 9.59 Å². The smallest absolute Gasteiger partial charge is 0.271 e. The van der Waals surface area contributed by atoms with Crippen LogP contribution in [0.2, 0.25) is 0 Å². The van der Waals surface area contributed by atoms with Crippen LogP contribution in [0.25, 0.3) is 0 Å². The average Bonchev–Trinajstić information content (AvgIpc) is 3.03. The highest BCUT2D eigenvalue weighted by Crippen LogP contribution is 2.36. The van der Waals surface area contributed by atoms with Gasteiger partial charge in [-0.05, 0) is 53.7 Å². The maximum absolute atomic E-state index is 12.4. The van der Waals surface area contributed by atoms with Crippen molar-refractivity contribution < 1.29 is 4.79 Å². The summed E-state index contributed by atoms with van der Waals surface area (Å²) in [5, 5.41) is 4.59. The quantitative estimate of drug-likeness (QED) is 0.784. The largest absolute Gasteiger partial charge is 0.324 e. The highest BCUT2D eigenvalue weighted by atomic mass is 79.9. The molecule has 2 N–H and O–H groups in total. The molecule has 0 atom stereocenters. The number of pyridine rings is 1. The zero-order chi connectivity index (χ0) is 16.4. The molecule has 2 aromatic heterocycles. The van der Waals surface area contributed by atoms with Crippen molar-refractivity contribution in [3.05, 3.63) is 48.5 Å². The molecule has 0 aliphatic heterocycles. The lowest BCUT2D eigenvalue weighted by molar-refractivity contribution is 0.102. The number of hydrogen-bond donors (Lipinski definition) is 2. The summed E-state index contributed by atoms with van der Waals surface area (Å²) in [6.07, 6.45) is 6.30. The first-order valence-electron chi connectivity index (χ1n) is 7.84. The molecule has 1 fully saturated rings. The standard InChI is InChI=1S/C17H19BrN2O2S/c1-10-13(18)8-14(17(22)19-10)20-16(21)12-7-15(23-9-12)11-5-3-2-4-6-11/h7-9,11H,2-6H2,1H3,(H,19,22)(H,20,21). The monoisotopic (exact) mass is 394 g/mol. The van der Waals surface area contributed by atoms with Crippen LogP contribution in [-0.2, 0) is 0 Å². The van der Waals surface area contributed by atoms with E-state index < -0.39 is 0 Å². The first kappa shape index (κ1) is 16.5. The Labute approximate surface area is 147 Å². The van der Waals surface area contributed by atoms with Crippen LogP contribution in [0.1, 0.15) is 59.0 Å². The van der Waals surface area contributed by atoms with Crippen LogP contribution < -0.4 is 10.9 Å². The zero-order valence-corrected chi connectivity index (χ0v) is 15.4. The fourth-order valence-electron chi connectivity index (χ4n) is 2.96. The first-order valence-corrected chi connectivity index (χ1v) is 9.51. The molecule has 0 bridgehead atoms. The molecule has 3 rings (SSSR count). The number of aromatic nitrogens is 1. The van der Waals surface area contributed by atoms with Gasteiger partial charge in [0.1, 0.15) is 5.69 Å². The van der Waals surface area contributed by atoms with E-state index in [0.29, 0.717) is 11.5 Å². The lowest BCUT2D eigenvalue weighted by atomic mass is 9.88. The molecule has 1 saturated carbocycles. The Balaban J connectivity index is 1.75. The summed E-state index contributed by atoms with van der Waals surface area (Å²) in [6, 6.07) is 3.62. The summed E-state index contributed by atoms with van der Waals surface area (Å²) in [6.45, 7) is 1.80. The number of rotatable bonds is 3. The van der Waals surface area contributed by atoms with Crippen molar-refractivity contribution in [2.75, 3.05) is 5.32 Å². The molecule has 1 amide bonds. The summed E-state index contributed by atoms with van der Waals surface area (Å²) >= 11 is 5.01. The van der Waals surface area contributed by atoms with Gasteiger partial charge in [-0.1, -0.05) is 19.3 Å². The molecule has 0 radical (unpaired) electrons. The number of carbonyl (C=O) groups excluding carboxylic acids is 1. The second-order valence-electron chi connectivity index (χ2n) is 6.01. The third-order valence-electron chi connectivity index (χ3n) is 4.31. The van der Waals surface area contributed by atoms with Gasteiger partial charge in [-0.2, -0.15) is 0 Å². The summed E-state index contributed by atoms with van der Waals surface area (Å²) in [4.78, 5) is 28.3. The van der Waals surface area contributed by atoms with E-state index in [2.05, 4.69) is 26.2 Å². The van der Waals surface area contributed by atoms with E-state index in [1.54, 1.807) is 24.3 Å². The van der Waals surface area contributed by atoms with Gasteiger partial charge in [0.25, 0.3) is 11.5 Å². The number of H-pyrrole nitrogens is 1. The van der Waals surface area contributed by atoms with Crippen molar-refractivity contribution in [2.45, 2.75) is 44.9 Å². The van der Waals surface area contributed by atoms with E-state index in [-0.39, 0.29) is 17.2 Å². The highest BCUT2D eigenvalue weighted by molar-refractivity contribution is 9.10. The topological polar surface area (TPSA) is 62.0 Å². The molecule has 23 heavy (non-hydrogen) atoms. The van der Waals surface area contributed by atoms with Gasteiger partial charge in [-0.15, -0.1) is 11.3 Å². The van der Waals surface area contributed by atoms with Gasteiger partial charge in [-0.25, -0.2) is 0 Å². The van der Waals surface area contributed by atoms with Crippen molar-refractivity contribution in [3.63, 3.8) is 0 Å². The van der Waals surface area contributed by atoms with Crippen LogP contribution >= 0.6 is 27.3 Å².